The summed E-state index contributed by atoms with van der Waals surface area (Å²) in [6.07, 6.45) is 0. The molecule has 0 radical (unpaired) electrons. The molecule has 0 fully saturated rings. The SMILES string of the molecule is Cc1cc(C)c(C(=O)c2ccc([P+](=O)c3ccc(C(=O)c4c(C)cc(C)cc4C)cc3-c3ccccc3)cc2)c(C)c1. The van der Waals surface area contributed by atoms with E-state index in [1.165, 1.54) is 0 Å². The summed E-state index contributed by atoms with van der Waals surface area (Å²) in [5.41, 5.74) is 10.2. The second kappa shape index (κ2) is 11.8. The Bertz CT molecular complexity index is 1820. The van der Waals surface area contributed by atoms with Gasteiger partial charge in [-0.15, -0.1) is 0 Å². The fraction of sp³-hybridized carbons (Fsp3) is 0.158. The van der Waals surface area contributed by atoms with Gasteiger partial charge in [-0.05, 0) is 112 Å². The van der Waals surface area contributed by atoms with E-state index in [-0.39, 0.29) is 11.6 Å². The maximum absolute atomic E-state index is 14.0. The average Bonchev–Trinajstić information content (AvgIpc) is 2.96. The van der Waals surface area contributed by atoms with Crippen molar-refractivity contribution in [2.45, 2.75) is 41.5 Å². The molecule has 0 amide bonds. The molecule has 1 unspecified atom stereocenters. The van der Waals surface area contributed by atoms with Gasteiger partial charge >= 0.3 is 7.80 Å². The van der Waals surface area contributed by atoms with Gasteiger partial charge in [0.2, 0.25) is 5.30 Å². The first-order valence-corrected chi connectivity index (χ1v) is 15.3. The monoisotopic (exact) mass is 569 g/mol. The van der Waals surface area contributed by atoms with Gasteiger partial charge in [0, 0.05) is 27.8 Å². The highest BCUT2D eigenvalue weighted by molar-refractivity contribution is 7.61. The van der Waals surface area contributed by atoms with Crippen LogP contribution in [0, 0.1) is 41.5 Å². The number of hydrogen-bond donors (Lipinski definition) is 0. The molecule has 0 aliphatic carbocycles. The van der Waals surface area contributed by atoms with Gasteiger partial charge in [0.25, 0.3) is 0 Å². The first kappa shape index (κ1) is 29.0. The zero-order valence-electron chi connectivity index (χ0n) is 24.9. The van der Waals surface area contributed by atoms with Crippen molar-refractivity contribution in [1.82, 2.24) is 0 Å². The van der Waals surface area contributed by atoms with E-state index in [1.54, 1.807) is 30.3 Å². The molecule has 5 rings (SSSR count). The van der Waals surface area contributed by atoms with Crippen LogP contribution in [0.3, 0.4) is 0 Å². The Morgan fingerprint density at radius 3 is 1.48 bits per heavy atom. The summed E-state index contributed by atoms with van der Waals surface area (Å²) in [4.78, 5) is 27.1. The van der Waals surface area contributed by atoms with Crippen molar-refractivity contribution in [3.8, 4) is 11.1 Å². The third-order valence-corrected chi connectivity index (χ3v) is 9.33. The Balaban J connectivity index is 1.52. The lowest BCUT2D eigenvalue weighted by Gasteiger charge is -2.12. The summed E-state index contributed by atoms with van der Waals surface area (Å²) in [6, 6.07) is 30.3. The van der Waals surface area contributed by atoms with Crippen molar-refractivity contribution in [1.29, 1.82) is 0 Å². The lowest BCUT2D eigenvalue weighted by Crippen LogP contribution is -2.14. The molecule has 208 valence electrons. The van der Waals surface area contributed by atoms with Crippen molar-refractivity contribution < 1.29 is 14.2 Å². The van der Waals surface area contributed by atoms with Gasteiger partial charge < -0.3 is 0 Å². The van der Waals surface area contributed by atoms with E-state index in [4.69, 9.17) is 0 Å². The number of ketones is 2. The van der Waals surface area contributed by atoms with E-state index in [2.05, 4.69) is 0 Å². The predicted molar refractivity (Wildman–Crippen MR) is 173 cm³/mol. The Morgan fingerprint density at radius 1 is 0.524 bits per heavy atom. The van der Waals surface area contributed by atoms with Crippen LogP contribution in [-0.2, 0) is 4.57 Å². The smallest absolute Gasteiger partial charge is 0.289 e. The zero-order chi connectivity index (χ0) is 30.1. The van der Waals surface area contributed by atoms with E-state index >= 15 is 0 Å². The number of rotatable bonds is 7. The first-order chi connectivity index (χ1) is 20.0. The van der Waals surface area contributed by atoms with E-state index < -0.39 is 7.80 Å². The Hall–Kier alpha value is -4.46. The van der Waals surface area contributed by atoms with E-state index in [1.807, 2.05) is 108 Å². The molecule has 0 saturated heterocycles. The van der Waals surface area contributed by atoms with Gasteiger partial charge in [-0.3, -0.25) is 9.59 Å². The summed E-state index contributed by atoms with van der Waals surface area (Å²) in [5, 5.41) is 1.27. The fourth-order valence-corrected chi connectivity index (χ4v) is 7.28. The van der Waals surface area contributed by atoms with E-state index in [0.29, 0.717) is 32.9 Å². The number of hydrogen-bond acceptors (Lipinski definition) is 3. The molecule has 5 aromatic carbocycles. The second-order valence-electron chi connectivity index (χ2n) is 11.1. The van der Waals surface area contributed by atoms with Crippen molar-refractivity contribution in [2.24, 2.45) is 0 Å². The summed E-state index contributed by atoms with van der Waals surface area (Å²) in [5.74, 6) is -0.0881. The van der Waals surface area contributed by atoms with Crippen molar-refractivity contribution in [3.05, 3.63) is 153 Å². The molecule has 0 N–H and O–H groups in total. The van der Waals surface area contributed by atoms with Crippen LogP contribution in [0.25, 0.3) is 11.1 Å². The van der Waals surface area contributed by atoms with Gasteiger partial charge in [-0.1, -0.05) is 70.3 Å². The van der Waals surface area contributed by atoms with Gasteiger partial charge in [0.1, 0.15) is 0 Å². The zero-order valence-corrected chi connectivity index (χ0v) is 25.8. The molecule has 0 spiro atoms. The molecule has 3 nitrogen and oxygen atoms in total. The van der Waals surface area contributed by atoms with E-state index in [9.17, 15) is 14.2 Å². The van der Waals surface area contributed by atoms with Gasteiger partial charge in [-0.2, -0.15) is 0 Å². The molecule has 4 heteroatoms. The van der Waals surface area contributed by atoms with Crippen molar-refractivity contribution in [2.75, 3.05) is 0 Å². The van der Waals surface area contributed by atoms with Crippen LogP contribution in [0.15, 0.2) is 97.1 Å². The van der Waals surface area contributed by atoms with Gasteiger partial charge in [0.15, 0.2) is 16.9 Å². The maximum atomic E-state index is 14.0. The Morgan fingerprint density at radius 2 is 0.976 bits per heavy atom. The Kier molecular flexibility index (Phi) is 8.16. The number of benzene rings is 5. The fourth-order valence-electron chi connectivity index (χ4n) is 5.96. The molecule has 5 aromatic rings. The van der Waals surface area contributed by atoms with Crippen LogP contribution in [0.5, 0.6) is 0 Å². The summed E-state index contributed by atoms with van der Waals surface area (Å²) >= 11 is 0. The third-order valence-electron chi connectivity index (χ3n) is 7.73. The Labute approximate surface area is 249 Å². The van der Waals surface area contributed by atoms with Crippen LogP contribution in [0.2, 0.25) is 0 Å². The first-order valence-electron chi connectivity index (χ1n) is 14.1. The second-order valence-corrected chi connectivity index (χ2v) is 12.7. The number of aryl methyl sites for hydroxylation is 6. The summed E-state index contributed by atoms with van der Waals surface area (Å²) in [6.45, 7) is 11.9. The molecule has 0 aliphatic rings. The highest BCUT2D eigenvalue weighted by atomic mass is 31.1. The molecule has 0 aliphatic heterocycles. The average molecular weight is 570 g/mol. The molecular weight excluding hydrogens is 535 g/mol. The molecular formula is C38H34O3P+. The van der Waals surface area contributed by atoms with Gasteiger partial charge in [0.05, 0.1) is 0 Å². The van der Waals surface area contributed by atoms with Crippen LogP contribution < -0.4 is 10.6 Å². The molecule has 0 bridgehead atoms. The minimum Gasteiger partial charge on any atom is -0.289 e. The summed E-state index contributed by atoms with van der Waals surface area (Å²) in [7, 11) is -1.99. The normalized spacial score (nSPS) is 11.3. The van der Waals surface area contributed by atoms with Gasteiger partial charge in [-0.25, -0.2) is 0 Å². The van der Waals surface area contributed by atoms with Crippen LogP contribution >= 0.6 is 7.80 Å². The number of carbonyl (C=O) groups excluding carboxylic acids is 2. The maximum Gasteiger partial charge on any atom is 0.415 e. The quantitative estimate of drug-likeness (QED) is 0.146. The molecule has 0 heterocycles. The molecule has 0 aromatic heterocycles. The molecule has 1 atom stereocenters. The third kappa shape index (κ3) is 5.66. The summed E-state index contributed by atoms with van der Waals surface area (Å²) < 4.78 is 14.0. The standard InChI is InChI=1S/C38H34O3P/c1-23-18-25(3)35(26(4)19-23)37(39)30-12-15-32(16-13-30)42(41)34-17-14-31(22-33(34)29-10-8-7-9-11-29)38(40)36-27(5)20-24(2)21-28(36)6/h7-22H,1-6H3/q+1. The minimum atomic E-state index is -1.99. The highest BCUT2D eigenvalue weighted by Crippen LogP contribution is 2.31. The minimum absolute atomic E-state index is 0.0405. The lowest BCUT2D eigenvalue weighted by molar-refractivity contribution is 0.102. The van der Waals surface area contributed by atoms with Crippen LogP contribution in [0.1, 0.15) is 65.2 Å². The largest absolute Gasteiger partial charge is 0.415 e. The van der Waals surface area contributed by atoms with Crippen LogP contribution in [0.4, 0.5) is 0 Å². The van der Waals surface area contributed by atoms with E-state index in [0.717, 1.165) is 44.5 Å². The predicted octanol–water partition coefficient (Wildman–Crippen LogP) is 8.44. The number of carbonyl (C=O) groups is 2. The van der Waals surface area contributed by atoms with Crippen molar-refractivity contribution in [3.63, 3.8) is 0 Å². The lowest BCUT2D eigenvalue weighted by atomic mass is 9.92. The molecule has 0 saturated carbocycles. The topological polar surface area (TPSA) is 51.2 Å². The molecule has 42 heavy (non-hydrogen) atoms. The van der Waals surface area contributed by atoms with Crippen LogP contribution in [-0.4, -0.2) is 11.6 Å². The highest BCUT2D eigenvalue weighted by Gasteiger charge is 2.29. The van der Waals surface area contributed by atoms with Crippen molar-refractivity contribution >= 4 is 30.0 Å².